The van der Waals surface area contributed by atoms with E-state index in [0.29, 0.717) is 11.5 Å². The SMILES string of the molecule is Cc1ccc(NC(=O)c2cnc(NC(C)(C)C)nc2)cc1Br. The van der Waals surface area contributed by atoms with E-state index in [2.05, 4.69) is 36.5 Å². The highest BCUT2D eigenvalue weighted by molar-refractivity contribution is 9.10. The fraction of sp³-hybridized carbons (Fsp3) is 0.312. The molecule has 116 valence electrons. The van der Waals surface area contributed by atoms with Gasteiger partial charge in [0.2, 0.25) is 5.95 Å². The third-order valence-corrected chi connectivity index (χ3v) is 3.68. The highest BCUT2D eigenvalue weighted by atomic mass is 79.9. The van der Waals surface area contributed by atoms with Gasteiger partial charge >= 0.3 is 0 Å². The summed E-state index contributed by atoms with van der Waals surface area (Å²) in [7, 11) is 0. The second kappa shape index (κ2) is 6.44. The standard InChI is InChI=1S/C16H19BrN4O/c1-10-5-6-12(7-13(10)17)20-14(22)11-8-18-15(19-9-11)21-16(2,3)4/h5-9H,1-4H3,(H,20,22)(H,18,19,21). The van der Waals surface area contributed by atoms with E-state index in [0.717, 1.165) is 15.7 Å². The minimum Gasteiger partial charge on any atom is -0.350 e. The molecule has 0 bridgehead atoms. The summed E-state index contributed by atoms with van der Waals surface area (Å²) in [5.41, 5.74) is 2.12. The lowest BCUT2D eigenvalue weighted by atomic mass is 10.1. The van der Waals surface area contributed by atoms with Crippen LogP contribution < -0.4 is 10.6 Å². The van der Waals surface area contributed by atoms with Crippen molar-refractivity contribution in [3.05, 3.63) is 46.2 Å². The molecule has 22 heavy (non-hydrogen) atoms. The quantitative estimate of drug-likeness (QED) is 0.865. The predicted octanol–water partition coefficient (Wildman–Crippen LogP) is 4.01. The Labute approximate surface area is 138 Å². The van der Waals surface area contributed by atoms with Gasteiger partial charge in [-0.25, -0.2) is 9.97 Å². The van der Waals surface area contributed by atoms with E-state index in [1.54, 1.807) is 0 Å². The van der Waals surface area contributed by atoms with Gasteiger partial charge in [-0.2, -0.15) is 0 Å². The molecule has 0 fully saturated rings. The van der Waals surface area contributed by atoms with Gasteiger partial charge in [-0.1, -0.05) is 22.0 Å². The minimum absolute atomic E-state index is 0.127. The van der Waals surface area contributed by atoms with Crippen molar-refractivity contribution in [2.24, 2.45) is 0 Å². The largest absolute Gasteiger partial charge is 0.350 e. The maximum atomic E-state index is 12.2. The van der Waals surface area contributed by atoms with Crippen LogP contribution >= 0.6 is 15.9 Å². The van der Waals surface area contributed by atoms with Crippen LogP contribution in [0.15, 0.2) is 35.1 Å². The lowest BCUT2D eigenvalue weighted by Gasteiger charge is -2.20. The van der Waals surface area contributed by atoms with Crippen molar-refractivity contribution in [3.63, 3.8) is 0 Å². The van der Waals surface area contributed by atoms with Crippen LogP contribution in [0.4, 0.5) is 11.6 Å². The van der Waals surface area contributed by atoms with Crippen molar-refractivity contribution in [2.45, 2.75) is 33.2 Å². The van der Waals surface area contributed by atoms with Crippen LogP contribution in [-0.4, -0.2) is 21.4 Å². The van der Waals surface area contributed by atoms with Crippen LogP contribution in [0.5, 0.6) is 0 Å². The van der Waals surface area contributed by atoms with Crippen molar-refractivity contribution >= 4 is 33.5 Å². The van der Waals surface area contributed by atoms with E-state index in [9.17, 15) is 4.79 Å². The highest BCUT2D eigenvalue weighted by Crippen LogP contribution is 2.21. The predicted molar refractivity (Wildman–Crippen MR) is 92.2 cm³/mol. The number of benzene rings is 1. The zero-order chi connectivity index (χ0) is 16.3. The van der Waals surface area contributed by atoms with Gasteiger partial charge in [0, 0.05) is 28.1 Å². The Morgan fingerprint density at radius 2 is 1.82 bits per heavy atom. The topological polar surface area (TPSA) is 66.9 Å². The molecule has 0 saturated carbocycles. The first kappa shape index (κ1) is 16.4. The second-order valence-electron chi connectivity index (χ2n) is 6.09. The number of halogens is 1. The smallest absolute Gasteiger partial charge is 0.258 e. The Kier molecular flexibility index (Phi) is 4.81. The van der Waals surface area contributed by atoms with E-state index in [1.165, 1.54) is 12.4 Å². The summed E-state index contributed by atoms with van der Waals surface area (Å²) < 4.78 is 0.950. The van der Waals surface area contributed by atoms with Crippen LogP contribution in [0.2, 0.25) is 0 Å². The molecule has 2 rings (SSSR count). The average Bonchev–Trinajstić information content (AvgIpc) is 2.42. The molecule has 1 aromatic carbocycles. The van der Waals surface area contributed by atoms with Crippen LogP contribution in [0.3, 0.4) is 0 Å². The molecular formula is C16H19BrN4O. The van der Waals surface area contributed by atoms with Gasteiger partial charge in [-0.15, -0.1) is 0 Å². The van der Waals surface area contributed by atoms with Gasteiger partial charge in [-0.3, -0.25) is 4.79 Å². The highest BCUT2D eigenvalue weighted by Gasteiger charge is 2.12. The molecule has 0 radical (unpaired) electrons. The van der Waals surface area contributed by atoms with Crippen molar-refractivity contribution in [2.75, 3.05) is 10.6 Å². The minimum atomic E-state index is -0.238. The first-order valence-electron chi connectivity index (χ1n) is 6.92. The first-order valence-corrected chi connectivity index (χ1v) is 7.72. The van der Waals surface area contributed by atoms with Crippen LogP contribution in [0.25, 0.3) is 0 Å². The van der Waals surface area contributed by atoms with E-state index >= 15 is 0 Å². The van der Waals surface area contributed by atoms with E-state index in [4.69, 9.17) is 0 Å². The van der Waals surface area contributed by atoms with Gasteiger partial charge in [0.05, 0.1) is 5.56 Å². The number of aryl methyl sites for hydroxylation is 1. The normalized spacial score (nSPS) is 11.1. The molecule has 2 N–H and O–H groups in total. The molecule has 0 aliphatic carbocycles. The van der Waals surface area contributed by atoms with Gasteiger partial charge in [0.25, 0.3) is 5.91 Å². The molecule has 6 heteroatoms. The summed E-state index contributed by atoms with van der Waals surface area (Å²) >= 11 is 3.45. The monoisotopic (exact) mass is 362 g/mol. The molecule has 2 aromatic rings. The zero-order valence-electron chi connectivity index (χ0n) is 13.1. The zero-order valence-corrected chi connectivity index (χ0v) is 14.7. The molecule has 0 aliphatic rings. The number of rotatable bonds is 3. The maximum Gasteiger partial charge on any atom is 0.258 e. The summed E-state index contributed by atoms with van der Waals surface area (Å²) in [4.78, 5) is 20.5. The molecule has 1 heterocycles. The summed E-state index contributed by atoms with van der Waals surface area (Å²) in [6.07, 6.45) is 3.03. The number of anilines is 2. The Morgan fingerprint density at radius 3 is 2.36 bits per heavy atom. The number of hydrogen-bond acceptors (Lipinski definition) is 4. The summed E-state index contributed by atoms with van der Waals surface area (Å²) in [5.74, 6) is 0.264. The third-order valence-electron chi connectivity index (χ3n) is 2.83. The fourth-order valence-corrected chi connectivity index (χ4v) is 2.10. The lowest BCUT2D eigenvalue weighted by Crippen LogP contribution is -2.27. The molecule has 0 unspecified atom stereocenters. The van der Waals surface area contributed by atoms with Crippen LogP contribution in [-0.2, 0) is 0 Å². The Hall–Kier alpha value is -1.95. The van der Waals surface area contributed by atoms with Crippen LogP contribution in [0, 0.1) is 6.92 Å². The average molecular weight is 363 g/mol. The molecule has 1 aromatic heterocycles. The number of carbonyl (C=O) groups is 1. The second-order valence-corrected chi connectivity index (χ2v) is 6.94. The molecular weight excluding hydrogens is 344 g/mol. The summed E-state index contributed by atoms with van der Waals surface area (Å²) in [6.45, 7) is 8.05. The Balaban J connectivity index is 2.08. The molecule has 0 aliphatic heterocycles. The van der Waals surface area contributed by atoms with Crippen molar-refractivity contribution in [1.29, 1.82) is 0 Å². The number of nitrogens with one attached hydrogen (secondary N) is 2. The number of hydrogen-bond donors (Lipinski definition) is 2. The van der Waals surface area contributed by atoms with E-state index < -0.39 is 0 Å². The number of nitrogens with zero attached hydrogens (tertiary/aromatic N) is 2. The summed E-state index contributed by atoms with van der Waals surface area (Å²) in [6, 6.07) is 5.66. The number of carbonyl (C=O) groups excluding carboxylic acids is 1. The maximum absolute atomic E-state index is 12.2. The molecule has 0 saturated heterocycles. The fourth-order valence-electron chi connectivity index (χ4n) is 1.72. The summed E-state index contributed by atoms with van der Waals surface area (Å²) in [5, 5.41) is 5.98. The van der Waals surface area contributed by atoms with Crippen molar-refractivity contribution < 1.29 is 4.79 Å². The van der Waals surface area contributed by atoms with Gasteiger partial charge in [0.15, 0.2) is 0 Å². The Bertz CT molecular complexity index is 678. The van der Waals surface area contributed by atoms with E-state index in [-0.39, 0.29) is 11.4 Å². The first-order chi connectivity index (χ1) is 10.2. The van der Waals surface area contributed by atoms with Crippen molar-refractivity contribution in [1.82, 2.24) is 9.97 Å². The van der Waals surface area contributed by atoms with Gasteiger partial charge in [-0.05, 0) is 45.4 Å². The number of aromatic nitrogens is 2. The lowest BCUT2D eigenvalue weighted by molar-refractivity contribution is 0.102. The van der Waals surface area contributed by atoms with E-state index in [1.807, 2.05) is 45.9 Å². The molecule has 0 atom stereocenters. The molecule has 1 amide bonds. The van der Waals surface area contributed by atoms with Gasteiger partial charge in [0.1, 0.15) is 0 Å². The molecule has 0 spiro atoms. The molecule has 5 nitrogen and oxygen atoms in total. The third kappa shape index (κ3) is 4.53. The van der Waals surface area contributed by atoms with Gasteiger partial charge < -0.3 is 10.6 Å². The van der Waals surface area contributed by atoms with Crippen molar-refractivity contribution in [3.8, 4) is 0 Å². The Morgan fingerprint density at radius 1 is 1.18 bits per heavy atom. The van der Waals surface area contributed by atoms with Crippen LogP contribution in [0.1, 0.15) is 36.7 Å². The number of amides is 1.